The van der Waals surface area contributed by atoms with Crippen molar-refractivity contribution in [2.45, 2.75) is 25.4 Å². The van der Waals surface area contributed by atoms with Crippen LogP contribution in [0, 0.1) is 5.82 Å². The van der Waals surface area contributed by atoms with Crippen molar-refractivity contribution >= 4 is 11.0 Å². The lowest BCUT2D eigenvalue weighted by Gasteiger charge is -2.36. The molecule has 18 heavy (non-hydrogen) atoms. The zero-order valence-electron chi connectivity index (χ0n) is 11.2. The molecule has 2 N–H and O–H groups in total. The van der Waals surface area contributed by atoms with Gasteiger partial charge in [0.1, 0.15) is 5.76 Å². The zero-order valence-corrected chi connectivity index (χ0v) is 11.2. The van der Waals surface area contributed by atoms with Crippen molar-refractivity contribution in [2.75, 3.05) is 14.1 Å². The third kappa shape index (κ3) is 2.02. The number of nitrogens with zero attached hydrogens (tertiary/aromatic N) is 1. The molecule has 0 aliphatic heterocycles. The summed E-state index contributed by atoms with van der Waals surface area (Å²) in [5, 5.41) is 0.745. The quantitative estimate of drug-likeness (QED) is 0.910. The summed E-state index contributed by atoms with van der Waals surface area (Å²) in [6, 6.07) is 6.37. The fraction of sp³-hybridized carbons (Fsp3) is 0.429. The summed E-state index contributed by atoms with van der Waals surface area (Å²) in [6.45, 7) is 4.06. The molecular weight excluding hydrogens is 231 g/mol. The Labute approximate surface area is 106 Å². The van der Waals surface area contributed by atoms with Gasteiger partial charge in [0.25, 0.3) is 0 Å². The Hall–Kier alpha value is -1.39. The van der Waals surface area contributed by atoms with Crippen molar-refractivity contribution in [1.82, 2.24) is 4.90 Å². The largest absolute Gasteiger partial charge is 0.456 e. The predicted octanol–water partition coefficient (Wildman–Crippen LogP) is 2.91. The number of rotatable bonds is 3. The topological polar surface area (TPSA) is 42.4 Å². The standard InChI is InChI=1S/C14H19FN2O/c1-14(2,17(3)4)13(16)11-8-9-6-5-7-10(15)12(9)18-11/h5-8,13H,16H2,1-4H3. The predicted molar refractivity (Wildman–Crippen MR) is 70.9 cm³/mol. The molecule has 0 saturated heterocycles. The van der Waals surface area contributed by atoms with Gasteiger partial charge in [0.15, 0.2) is 11.4 Å². The third-order valence-corrected chi connectivity index (χ3v) is 3.74. The number of fused-ring (bicyclic) bond motifs is 1. The van der Waals surface area contributed by atoms with E-state index in [9.17, 15) is 4.39 Å². The lowest BCUT2D eigenvalue weighted by atomic mass is 9.92. The van der Waals surface area contributed by atoms with Crippen LogP contribution in [0.15, 0.2) is 28.7 Å². The first-order valence-corrected chi connectivity index (χ1v) is 5.95. The van der Waals surface area contributed by atoms with Crippen LogP contribution in [0.2, 0.25) is 0 Å². The molecule has 0 fully saturated rings. The molecule has 0 amide bonds. The van der Waals surface area contributed by atoms with Crippen molar-refractivity contribution in [2.24, 2.45) is 5.73 Å². The molecule has 0 saturated carbocycles. The summed E-state index contributed by atoms with van der Waals surface area (Å²) < 4.78 is 19.1. The number of halogens is 1. The smallest absolute Gasteiger partial charge is 0.169 e. The Bertz CT molecular complexity index is 560. The maximum atomic E-state index is 13.6. The Balaban J connectivity index is 2.46. The van der Waals surface area contributed by atoms with Gasteiger partial charge in [0.05, 0.1) is 6.04 Å². The molecule has 98 valence electrons. The number of hydrogen-bond donors (Lipinski definition) is 1. The van der Waals surface area contributed by atoms with Gasteiger partial charge in [-0.05, 0) is 40.1 Å². The van der Waals surface area contributed by atoms with Gasteiger partial charge in [0.2, 0.25) is 0 Å². The summed E-state index contributed by atoms with van der Waals surface area (Å²) in [5.41, 5.74) is 6.23. The van der Waals surface area contributed by atoms with Gasteiger partial charge in [-0.1, -0.05) is 12.1 Å². The lowest BCUT2D eigenvalue weighted by Crippen LogP contribution is -2.47. The van der Waals surface area contributed by atoms with E-state index in [0.717, 1.165) is 5.39 Å². The molecule has 3 nitrogen and oxygen atoms in total. The second-order valence-corrected chi connectivity index (χ2v) is 5.33. The van der Waals surface area contributed by atoms with Gasteiger partial charge in [-0.3, -0.25) is 0 Å². The van der Waals surface area contributed by atoms with Gasteiger partial charge >= 0.3 is 0 Å². The van der Waals surface area contributed by atoms with Crippen LogP contribution in [0.25, 0.3) is 11.0 Å². The van der Waals surface area contributed by atoms with E-state index in [0.29, 0.717) is 5.76 Å². The second kappa shape index (κ2) is 4.37. The van der Waals surface area contributed by atoms with E-state index in [1.54, 1.807) is 6.07 Å². The fourth-order valence-electron chi connectivity index (χ4n) is 1.83. The van der Waals surface area contributed by atoms with Gasteiger partial charge in [0, 0.05) is 10.9 Å². The van der Waals surface area contributed by atoms with E-state index in [2.05, 4.69) is 0 Å². The van der Waals surface area contributed by atoms with Crippen LogP contribution in [0.3, 0.4) is 0 Å². The van der Waals surface area contributed by atoms with E-state index in [1.165, 1.54) is 6.07 Å². The van der Waals surface area contributed by atoms with Crippen LogP contribution in [-0.4, -0.2) is 24.5 Å². The summed E-state index contributed by atoms with van der Waals surface area (Å²) in [6.07, 6.45) is 0. The first kappa shape index (κ1) is 13.1. The van der Waals surface area contributed by atoms with Crippen LogP contribution >= 0.6 is 0 Å². The number of hydrogen-bond acceptors (Lipinski definition) is 3. The van der Waals surface area contributed by atoms with Crippen LogP contribution < -0.4 is 5.73 Å². The molecular formula is C14H19FN2O. The highest BCUT2D eigenvalue weighted by Gasteiger charge is 2.32. The molecule has 0 radical (unpaired) electrons. The van der Waals surface area contributed by atoms with Gasteiger partial charge in [-0.15, -0.1) is 0 Å². The highest BCUT2D eigenvalue weighted by atomic mass is 19.1. The molecule has 0 bridgehead atoms. The van der Waals surface area contributed by atoms with Crippen molar-refractivity contribution in [1.29, 1.82) is 0 Å². The normalized spacial score (nSPS) is 14.4. The minimum atomic E-state index is -0.353. The monoisotopic (exact) mass is 250 g/mol. The minimum absolute atomic E-state index is 0.273. The summed E-state index contributed by atoms with van der Waals surface area (Å²) in [4.78, 5) is 2.03. The number of benzene rings is 1. The Morgan fingerprint density at radius 1 is 1.33 bits per heavy atom. The molecule has 1 heterocycles. The molecule has 1 aromatic carbocycles. The van der Waals surface area contributed by atoms with Crippen LogP contribution in [0.4, 0.5) is 4.39 Å². The molecule has 2 rings (SSSR count). The first-order valence-electron chi connectivity index (χ1n) is 5.95. The molecule has 1 aromatic heterocycles. The van der Waals surface area contributed by atoms with Crippen molar-refractivity contribution in [3.63, 3.8) is 0 Å². The summed E-state index contributed by atoms with van der Waals surface area (Å²) >= 11 is 0. The molecule has 1 atom stereocenters. The van der Waals surface area contributed by atoms with E-state index >= 15 is 0 Å². The van der Waals surface area contributed by atoms with Crippen LogP contribution in [0.5, 0.6) is 0 Å². The second-order valence-electron chi connectivity index (χ2n) is 5.33. The van der Waals surface area contributed by atoms with Crippen LogP contribution in [-0.2, 0) is 0 Å². The van der Waals surface area contributed by atoms with Crippen LogP contribution in [0.1, 0.15) is 25.6 Å². The summed E-state index contributed by atoms with van der Waals surface area (Å²) in [7, 11) is 3.92. The van der Waals surface area contributed by atoms with Gasteiger partial charge in [-0.25, -0.2) is 4.39 Å². The maximum Gasteiger partial charge on any atom is 0.169 e. The number of nitrogens with two attached hydrogens (primary N) is 1. The highest BCUT2D eigenvalue weighted by molar-refractivity contribution is 5.78. The van der Waals surface area contributed by atoms with E-state index < -0.39 is 0 Å². The highest BCUT2D eigenvalue weighted by Crippen LogP contribution is 2.32. The maximum absolute atomic E-state index is 13.6. The minimum Gasteiger partial charge on any atom is -0.456 e. The molecule has 0 spiro atoms. The average molecular weight is 250 g/mol. The Kier molecular flexibility index (Phi) is 3.17. The Morgan fingerprint density at radius 2 is 2.00 bits per heavy atom. The number of likely N-dealkylation sites (N-methyl/N-ethyl adjacent to an activating group) is 1. The van der Waals surface area contributed by atoms with E-state index in [-0.39, 0.29) is 23.0 Å². The SMILES string of the molecule is CN(C)C(C)(C)C(N)c1cc2cccc(F)c2o1. The zero-order chi connectivity index (χ0) is 13.5. The molecule has 1 unspecified atom stereocenters. The van der Waals surface area contributed by atoms with Crippen molar-refractivity contribution in [3.8, 4) is 0 Å². The number of furan rings is 1. The fourth-order valence-corrected chi connectivity index (χ4v) is 1.83. The molecule has 0 aliphatic carbocycles. The molecule has 2 aromatic rings. The van der Waals surface area contributed by atoms with E-state index in [4.69, 9.17) is 10.2 Å². The Morgan fingerprint density at radius 3 is 2.56 bits per heavy atom. The van der Waals surface area contributed by atoms with Crippen molar-refractivity contribution in [3.05, 3.63) is 35.8 Å². The van der Waals surface area contributed by atoms with E-state index in [1.807, 2.05) is 45.0 Å². The first-order chi connectivity index (χ1) is 8.34. The van der Waals surface area contributed by atoms with Gasteiger partial charge < -0.3 is 15.1 Å². The molecule has 0 aliphatic rings. The lowest BCUT2D eigenvalue weighted by molar-refractivity contribution is 0.147. The van der Waals surface area contributed by atoms with Gasteiger partial charge in [-0.2, -0.15) is 0 Å². The van der Waals surface area contributed by atoms with Crippen molar-refractivity contribution < 1.29 is 8.81 Å². The summed E-state index contributed by atoms with van der Waals surface area (Å²) in [5.74, 6) is 0.252. The number of para-hydroxylation sites is 1. The average Bonchev–Trinajstić information content (AvgIpc) is 2.73. The third-order valence-electron chi connectivity index (χ3n) is 3.74. The molecule has 4 heteroatoms.